The van der Waals surface area contributed by atoms with Gasteiger partial charge < -0.3 is 9.47 Å². The van der Waals surface area contributed by atoms with E-state index in [0.29, 0.717) is 6.61 Å². The molecule has 0 aromatic rings. The monoisotopic (exact) mass is 325 g/mol. The summed E-state index contributed by atoms with van der Waals surface area (Å²) in [4.78, 5) is 12.1. The van der Waals surface area contributed by atoms with Crippen LogP contribution in [0, 0.1) is 23.2 Å². The Morgan fingerprint density at radius 1 is 1.04 bits per heavy atom. The van der Waals surface area contributed by atoms with E-state index in [2.05, 4.69) is 13.0 Å². The first-order valence-corrected chi connectivity index (χ1v) is 9.21. The first kappa shape index (κ1) is 21.9. The number of methoxy groups -OCH3 is 1. The van der Waals surface area contributed by atoms with Gasteiger partial charge in [-0.15, -0.1) is 0 Å². The molecule has 134 valence electrons. The second-order valence-corrected chi connectivity index (χ2v) is 6.32. The Labute approximate surface area is 142 Å². The first-order valence-electron chi connectivity index (χ1n) is 9.21. The fourth-order valence-corrected chi connectivity index (χ4v) is 2.73. The molecule has 3 atom stereocenters. The Morgan fingerprint density at radius 3 is 2.22 bits per heavy atom. The Morgan fingerprint density at radius 2 is 1.65 bits per heavy atom. The van der Waals surface area contributed by atoms with Crippen LogP contribution in [0.25, 0.3) is 0 Å². The maximum absolute atomic E-state index is 12.1. The van der Waals surface area contributed by atoms with Crippen molar-refractivity contribution in [2.75, 3.05) is 13.7 Å². The van der Waals surface area contributed by atoms with E-state index in [0.717, 1.165) is 25.7 Å². The highest BCUT2D eigenvalue weighted by Crippen LogP contribution is 2.23. The summed E-state index contributed by atoms with van der Waals surface area (Å²) in [6, 6.07) is 2.11. The maximum Gasteiger partial charge on any atom is 0.323 e. The van der Waals surface area contributed by atoms with Crippen LogP contribution in [0.4, 0.5) is 0 Å². The molecule has 0 fully saturated rings. The second kappa shape index (κ2) is 14.5. The summed E-state index contributed by atoms with van der Waals surface area (Å²) in [6.45, 7) is 6.57. The van der Waals surface area contributed by atoms with E-state index in [1.54, 1.807) is 7.11 Å². The number of nitrogens with zero attached hydrogens (tertiary/aromatic N) is 1. The molecule has 4 nitrogen and oxygen atoms in total. The summed E-state index contributed by atoms with van der Waals surface area (Å²) in [5, 5.41) is 9.33. The van der Waals surface area contributed by atoms with Crippen molar-refractivity contribution >= 4 is 5.97 Å². The average Bonchev–Trinajstić information content (AvgIpc) is 2.55. The molecule has 0 amide bonds. The average molecular weight is 325 g/mol. The number of unbranched alkanes of at least 4 members (excludes halogenated alkanes) is 6. The number of hydrogen-bond acceptors (Lipinski definition) is 4. The molecular weight excluding hydrogens is 290 g/mol. The molecule has 0 saturated carbocycles. The van der Waals surface area contributed by atoms with Gasteiger partial charge in [0, 0.05) is 13.0 Å². The van der Waals surface area contributed by atoms with Crippen LogP contribution in [-0.2, 0) is 14.3 Å². The van der Waals surface area contributed by atoms with Gasteiger partial charge in [0.1, 0.15) is 5.92 Å². The molecule has 23 heavy (non-hydrogen) atoms. The fourth-order valence-electron chi connectivity index (χ4n) is 2.73. The van der Waals surface area contributed by atoms with E-state index in [9.17, 15) is 10.1 Å². The fraction of sp³-hybridized carbons (Fsp3) is 0.895. The van der Waals surface area contributed by atoms with Crippen LogP contribution in [0.1, 0.15) is 78.6 Å². The molecule has 0 saturated heterocycles. The molecule has 0 aliphatic rings. The largest absolute Gasteiger partial charge is 0.465 e. The Bertz CT molecular complexity index is 338. The van der Waals surface area contributed by atoms with Gasteiger partial charge in [-0.2, -0.15) is 5.26 Å². The van der Waals surface area contributed by atoms with Gasteiger partial charge in [-0.3, -0.25) is 4.79 Å². The smallest absolute Gasteiger partial charge is 0.323 e. The molecule has 0 rings (SSSR count). The molecular formula is C19H35NO3. The predicted molar refractivity (Wildman–Crippen MR) is 92.9 cm³/mol. The van der Waals surface area contributed by atoms with Gasteiger partial charge in [0.05, 0.1) is 18.8 Å². The lowest BCUT2D eigenvalue weighted by Crippen LogP contribution is -2.32. The zero-order chi connectivity index (χ0) is 17.5. The van der Waals surface area contributed by atoms with Crippen LogP contribution in [0.2, 0.25) is 0 Å². The van der Waals surface area contributed by atoms with Crippen molar-refractivity contribution in [3.8, 4) is 6.07 Å². The molecule has 0 aromatic carbocycles. The summed E-state index contributed by atoms with van der Waals surface area (Å²) in [5.74, 6) is -1.29. The van der Waals surface area contributed by atoms with Crippen LogP contribution < -0.4 is 0 Å². The van der Waals surface area contributed by atoms with Gasteiger partial charge in [0.2, 0.25) is 0 Å². The minimum Gasteiger partial charge on any atom is -0.465 e. The van der Waals surface area contributed by atoms with Gasteiger partial charge in [-0.25, -0.2) is 0 Å². The SMILES string of the molecule is CCCCCCCCC(OC)C(C)C(C#N)C(=O)OCCCC. The van der Waals surface area contributed by atoms with Crippen molar-refractivity contribution in [2.24, 2.45) is 11.8 Å². The van der Waals surface area contributed by atoms with Crippen molar-refractivity contribution in [1.82, 2.24) is 0 Å². The first-order chi connectivity index (χ1) is 11.1. The van der Waals surface area contributed by atoms with Crippen molar-refractivity contribution in [3.05, 3.63) is 0 Å². The number of rotatable bonds is 14. The molecule has 0 spiro atoms. The summed E-state index contributed by atoms with van der Waals surface area (Å²) in [5.41, 5.74) is 0. The van der Waals surface area contributed by atoms with Crippen LogP contribution in [0.3, 0.4) is 0 Å². The highest BCUT2D eigenvalue weighted by atomic mass is 16.5. The minimum absolute atomic E-state index is 0.0652. The Hall–Kier alpha value is -1.08. The summed E-state index contributed by atoms with van der Waals surface area (Å²) >= 11 is 0. The van der Waals surface area contributed by atoms with Gasteiger partial charge in [0.15, 0.2) is 0 Å². The molecule has 0 aromatic heterocycles. The molecule has 4 heteroatoms. The van der Waals surface area contributed by atoms with Crippen LogP contribution >= 0.6 is 0 Å². The quantitative estimate of drug-likeness (QED) is 0.337. The summed E-state index contributed by atoms with van der Waals surface area (Å²) < 4.78 is 10.7. The lowest BCUT2D eigenvalue weighted by molar-refractivity contribution is -0.149. The zero-order valence-corrected chi connectivity index (χ0v) is 15.5. The maximum atomic E-state index is 12.1. The Balaban J connectivity index is 4.27. The third-order valence-electron chi connectivity index (χ3n) is 4.39. The van der Waals surface area contributed by atoms with Crippen LogP contribution in [0.5, 0.6) is 0 Å². The lowest BCUT2D eigenvalue weighted by atomic mass is 9.87. The minimum atomic E-state index is -0.739. The number of esters is 1. The van der Waals surface area contributed by atoms with Crippen molar-refractivity contribution < 1.29 is 14.3 Å². The highest BCUT2D eigenvalue weighted by molar-refractivity contribution is 5.75. The second-order valence-electron chi connectivity index (χ2n) is 6.32. The topological polar surface area (TPSA) is 59.3 Å². The summed E-state index contributed by atoms with van der Waals surface area (Å²) in [6.07, 6.45) is 9.98. The molecule has 0 bridgehead atoms. The van der Waals surface area contributed by atoms with Crippen LogP contribution in [-0.4, -0.2) is 25.8 Å². The van der Waals surface area contributed by atoms with E-state index in [1.165, 1.54) is 32.1 Å². The van der Waals surface area contributed by atoms with Crippen LogP contribution in [0.15, 0.2) is 0 Å². The lowest BCUT2D eigenvalue weighted by Gasteiger charge is -2.25. The molecule has 0 aliphatic carbocycles. The van der Waals surface area contributed by atoms with E-state index < -0.39 is 11.9 Å². The third-order valence-corrected chi connectivity index (χ3v) is 4.39. The molecule has 0 N–H and O–H groups in total. The third kappa shape index (κ3) is 9.61. The van der Waals surface area contributed by atoms with Gasteiger partial charge in [-0.1, -0.05) is 65.7 Å². The molecule has 0 aliphatic heterocycles. The Kier molecular flexibility index (Phi) is 13.8. The van der Waals surface area contributed by atoms with E-state index in [-0.39, 0.29) is 12.0 Å². The van der Waals surface area contributed by atoms with Crippen molar-refractivity contribution in [3.63, 3.8) is 0 Å². The number of carbonyl (C=O) groups is 1. The summed E-state index contributed by atoms with van der Waals surface area (Å²) in [7, 11) is 1.66. The molecule has 0 radical (unpaired) electrons. The highest BCUT2D eigenvalue weighted by Gasteiger charge is 2.32. The standard InChI is InChI=1S/C19H35NO3/c1-5-7-9-10-11-12-13-18(22-4)16(3)17(15-20)19(21)23-14-8-6-2/h16-18H,5-14H2,1-4H3. The molecule has 0 heterocycles. The van der Waals surface area contributed by atoms with E-state index in [1.807, 2.05) is 13.8 Å². The van der Waals surface area contributed by atoms with E-state index in [4.69, 9.17) is 9.47 Å². The number of nitriles is 1. The van der Waals surface area contributed by atoms with Crippen molar-refractivity contribution in [2.45, 2.75) is 84.7 Å². The zero-order valence-electron chi connectivity index (χ0n) is 15.5. The number of carbonyl (C=O) groups excluding carboxylic acids is 1. The normalized spacial score (nSPS) is 14.7. The number of ether oxygens (including phenoxy) is 2. The van der Waals surface area contributed by atoms with Gasteiger partial charge in [-0.05, 0) is 12.8 Å². The van der Waals surface area contributed by atoms with E-state index >= 15 is 0 Å². The van der Waals surface area contributed by atoms with Gasteiger partial charge >= 0.3 is 5.97 Å². The predicted octanol–water partition coefficient (Wildman–Crippen LogP) is 4.87. The van der Waals surface area contributed by atoms with Crippen molar-refractivity contribution in [1.29, 1.82) is 5.26 Å². The molecule has 3 unspecified atom stereocenters. The van der Waals surface area contributed by atoms with Gasteiger partial charge in [0.25, 0.3) is 0 Å². The number of hydrogen-bond donors (Lipinski definition) is 0.